The minimum absolute atomic E-state index is 0.179. The highest BCUT2D eigenvalue weighted by Crippen LogP contribution is 2.24. The van der Waals surface area contributed by atoms with Crippen molar-refractivity contribution in [1.82, 2.24) is 10.3 Å². The first-order chi connectivity index (χ1) is 11.7. The number of likely N-dealkylation sites (N-methyl/N-ethyl adjacent to an activating group) is 1. The molecule has 1 aliphatic rings. The third-order valence-electron chi connectivity index (χ3n) is 3.93. The second-order valence-electron chi connectivity index (χ2n) is 6.64. The average molecular weight is 364 g/mol. The molecule has 2 heterocycles. The second kappa shape index (κ2) is 10.3. The van der Waals surface area contributed by atoms with Crippen molar-refractivity contribution < 1.29 is 4.74 Å². The lowest BCUT2D eigenvalue weighted by molar-refractivity contribution is -0.0511. The molecule has 0 bridgehead atoms. The van der Waals surface area contributed by atoms with Gasteiger partial charge in [0.25, 0.3) is 0 Å². The molecule has 0 aromatic carbocycles. The lowest BCUT2D eigenvalue weighted by atomic mass is 9.99. The van der Waals surface area contributed by atoms with Crippen molar-refractivity contribution >= 4 is 23.0 Å². The Morgan fingerprint density at radius 1 is 1.44 bits per heavy atom. The molecule has 1 saturated heterocycles. The van der Waals surface area contributed by atoms with Crippen LogP contribution in [0.2, 0.25) is 5.02 Å². The first-order valence-corrected chi connectivity index (χ1v) is 8.90. The summed E-state index contributed by atoms with van der Waals surface area (Å²) in [5.41, 5.74) is 8.55. The van der Waals surface area contributed by atoms with Crippen molar-refractivity contribution in [3.05, 3.63) is 53.4 Å². The van der Waals surface area contributed by atoms with Crippen LogP contribution >= 0.6 is 11.6 Å². The second-order valence-corrected chi connectivity index (χ2v) is 7.05. The summed E-state index contributed by atoms with van der Waals surface area (Å²) in [6, 6.07) is 1.76. The van der Waals surface area contributed by atoms with Crippen LogP contribution in [-0.2, 0) is 4.74 Å². The predicted molar refractivity (Wildman–Crippen MR) is 109 cm³/mol. The number of ether oxygens (including phenoxy) is 1. The fourth-order valence-corrected chi connectivity index (χ4v) is 2.56. The number of hydrogen-bond donors (Lipinski definition) is 2. The Morgan fingerprint density at radius 3 is 2.68 bits per heavy atom. The molecule has 25 heavy (non-hydrogen) atoms. The number of aromatic nitrogens is 1. The molecule has 3 N–H and O–H groups in total. The summed E-state index contributed by atoms with van der Waals surface area (Å²) in [6.45, 7) is 11.0. The van der Waals surface area contributed by atoms with E-state index in [0.29, 0.717) is 10.8 Å². The number of rotatable bonds is 4. The lowest BCUT2D eigenvalue weighted by Gasteiger charge is -2.29. The van der Waals surface area contributed by atoms with Crippen molar-refractivity contribution in [2.75, 3.05) is 19.4 Å². The highest BCUT2D eigenvalue weighted by Gasteiger charge is 2.20. The molecule has 0 saturated carbocycles. The quantitative estimate of drug-likeness (QED) is 0.741. The van der Waals surface area contributed by atoms with E-state index in [9.17, 15) is 0 Å². The van der Waals surface area contributed by atoms with Gasteiger partial charge in [0.05, 0.1) is 10.6 Å². The fraction of sp³-hybridized carbons (Fsp3) is 0.450. The van der Waals surface area contributed by atoms with E-state index in [0.717, 1.165) is 23.4 Å². The third kappa shape index (κ3) is 8.23. The van der Waals surface area contributed by atoms with Crippen LogP contribution in [0, 0.1) is 0 Å². The molecular weight excluding hydrogens is 334 g/mol. The molecular formula is C20H30ClN3O. The minimum atomic E-state index is 0.179. The van der Waals surface area contributed by atoms with E-state index < -0.39 is 0 Å². The van der Waals surface area contributed by atoms with Crippen LogP contribution < -0.4 is 11.1 Å². The standard InChI is InChI=1S/C13H16ClN3.C7H14O/c1-9(5-4-6-10(2)16-3)11-7-13(15)17-8-12(11)14;1-7(2)5-3-4-6-8-7/h4-8,16H,2H2,1,3H3,(H2,15,17);3-6H2,1-2H3/b6-4-,9-5+;. The van der Waals surface area contributed by atoms with Gasteiger partial charge in [0.2, 0.25) is 0 Å². The number of halogens is 1. The van der Waals surface area contributed by atoms with Gasteiger partial charge in [-0.15, -0.1) is 0 Å². The molecule has 1 aromatic heterocycles. The number of nitrogen functional groups attached to an aromatic ring is 1. The Bertz CT molecular complexity index is 628. The van der Waals surface area contributed by atoms with Gasteiger partial charge < -0.3 is 15.8 Å². The van der Waals surface area contributed by atoms with E-state index >= 15 is 0 Å². The van der Waals surface area contributed by atoms with E-state index in [1.54, 1.807) is 12.3 Å². The normalized spacial score (nSPS) is 16.9. The summed E-state index contributed by atoms with van der Waals surface area (Å²) < 4.78 is 5.47. The Hall–Kier alpha value is -1.78. The zero-order valence-electron chi connectivity index (χ0n) is 15.7. The van der Waals surface area contributed by atoms with E-state index in [1.807, 2.05) is 32.2 Å². The van der Waals surface area contributed by atoms with E-state index in [4.69, 9.17) is 22.1 Å². The van der Waals surface area contributed by atoms with Gasteiger partial charge in [0.15, 0.2) is 0 Å². The molecule has 0 amide bonds. The highest BCUT2D eigenvalue weighted by molar-refractivity contribution is 6.32. The summed E-state index contributed by atoms with van der Waals surface area (Å²) >= 11 is 6.05. The van der Waals surface area contributed by atoms with Crippen molar-refractivity contribution in [3.8, 4) is 0 Å². The highest BCUT2D eigenvalue weighted by atomic mass is 35.5. The third-order valence-corrected chi connectivity index (χ3v) is 4.23. The largest absolute Gasteiger partial charge is 0.389 e. The Balaban J connectivity index is 0.000000324. The van der Waals surface area contributed by atoms with E-state index in [-0.39, 0.29) is 5.60 Å². The molecule has 0 spiro atoms. The van der Waals surface area contributed by atoms with Gasteiger partial charge in [-0.05, 0) is 57.7 Å². The topological polar surface area (TPSA) is 60.2 Å². The van der Waals surface area contributed by atoms with Crippen LogP contribution in [0.15, 0.2) is 42.8 Å². The van der Waals surface area contributed by atoms with E-state index in [1.165, 1.54) is 19.3 Å². The Labute approximate surface area is 156 Å². The SMILES string of the molecule is C=C(/C=C\C=C(/C)c1cc(N)ncc1Cl)NC.CC1(C)CCCCO1. The zero-order chi connectivity index (χ0) is 18.9. The van der Waals surface area contributed by atoms with E-state index in [2.05, 4.69) is 30.7 Å². The number of nitrogens with zero attached hydrogens (tertiary/aromatic N) is 1. The molecule has 5 heteroatoms. The summed E-state index contributed by atoms with van der Waals surface area (Å²) in [7, 11) is 1.82. The van der Waals surface area contributed by atoms with Crippen LogP contribution in [0.3, 0.4) is 0 Å². The Morgan fingerprint density at radius 2 is 2.16 bits per heavy atom. The number of hydrogen-bond acceptors (Lipinski definition) is 4. The van der Waals surface area contributed by atoms with Gasteiger partial charge >= 0.3 is 0 Å². The smallest absolute Gasteiger partial charge is 0.123 e. The molecule has 2 rings (SSSR count). The lowest BCUT2D eigenvalue weighted by Crippen LogP contribution is -2.28. The molecule has 0 radical (unpaired) electrons. The predicted octanol–water partition coefficient (Wildman–Crippen LogP) is 4.98. The summed E-state index contributed by atoms with van der Waals surface area (Å²) in [6.07, 6.45) is 11.1. The summed E-state index contributed by atoms with van der Waals surface area (Å²) in [5, 5.41) is 3.52. The molecule has 1 fully saturated rings. The van der Waals surface area contributed by atoms with Crippen molar-refractivity contribution in [2.24, 2.45) is 0 Å². The van der Waals surface area contributed by atoms with Crippen molar-refractivity contribution in [1.29, 1.82) is 0 Å². The fourth-order valence-electron chi connectivity index (χ4n) is 2.31. The maximum absolute atomic E-state index is 6.05. The molecule has 0 atom stereocenters. The van der Waals surface area contributed by atoms with Crippen LogP contribution in [0.4, 0.5) is 5.82 Å². The maximum Gasteiger partial charge on any atom is 0.123 e. The van der Waals surface area contributed by atoms with Gasteiger partial charge in [0, 0.05) is 31.1 Å². The number of nitrogens with one attached hydrogen (secondary N) is 1. The van der Waals surface area contributed by atoms with Gasteiger partial charge in [-0.25, -0.2) is 4.98 Å². The average Bonchev–Trinajstić information content (AvgIpc) is 2.57. The van der Waals surface area contributed by atoms with Crippen LogP contribution in [-0.4, -0.2) is 24.2 Å². The van der Waals surface area contributed by atoms with Crippen molar-refractivity contribution in [3.63, 3.8) is 0 Å². The molecule has 1 aromatic rings. The number of allylic oxidation sites excluding steroid dienone is 4. The van der Waals surface area contributed by atoms with Crippen LogP contribution in [0.5, 0.6) is 0 Å². The van der Waals surface area contributed by atoms with Gasteiger partial charge in [0.1, 0.15) is 5.82 Å². The summed E-state index contributed by atoms with van der Waals surface area (Å²) in [5.74, 6) is 0.459. The molecule has 138 valence electrons. The molecule has 0 unspecified atom stereocenters. The Kier molecular flexibility index (Phi) is 8.73. The minimum Gasteiger partial charge on any atom is -0.389 e. The summed E-state index contributed by atoms with van der Waals surface area (Å²) in [4.78, 5) is 3.92. The van der Waals surface area contributed by atoms with Crippen LogP contribution in [0.25, 0.3) is 5.57 Å². The van der Waals surface area contributed by atoms with Gasteiger partial charge in [-0.2, -0.15) is 0 Å². The zero-order valence-corrected chi connectivity index (χ0v) is 16.5. The molecule has 1 aliphatic heterocycles. The first kappa shape index (κ1) is 21.3. The molecule has 0 aliphatic carbocycles. The maximum atomic E-state index is 6.05. The monoisotopic (exact) mass is 363 g/mol. The van der Waals surface area contributed by atoms with Crippen molar-refractivity contribution in [2.45, 2.75) is 45.6 Å². The molecule has 4 nitrogen and oxygen atoms in total. The first-order valence-electron chi connectivity index (χ1n) is 8.52. The van der Waals surface area contributed by atoms with Crippen LogP contribution in [0.1, 0.15) is 45.6 Å². The number of pyridine rings is 1. The van der Waals surface area contributed by atoms with Gasteiger partial charge in [-0.3, -0.25) is 0 Å². The number of nitrogens with two attached hydrogens (primary N) is 1. The van der Waals surface area contributed by atoms with Gasteiger partial charge in [-0.1, -0.05) is 30.3 Å². The number of anilines is 1.